The highest BCUT2D eigenvalue weighted by atomic mass is 16.4. The normalized spacial score (nSPS) is 12.0. The molecule has 0 aliphatic rings. The molecule has 1 aromatic carbocycles. The topological polar surface area (TPSA) is 125 Å². The van der Waals surface area contributed by atoms with Gasteiger partial charge in [0.2, 0.25) is 5.91 Å². The number of hydrogen-bond donors (Lipinski definition) is 2. The molecular weight excluding hydrogens is 288 g/mol. The molecule has 116 valence electrons. The third-order valence-corrected chi connectivity index (χ3v) is 3.28. The highest BCUT2D eigenvalue weighted by Gasteiger charge is 2.15. The summed E-state index contributed by atoms with van der Waals surface area (Å²) in [6, 6.07) is 6.05. The van der Waals surface area contributed by atoms with E-state index in [-0.39, 0.29) is 12.8 Å². The second-order valence-corrected chi connectivity index (χ2v) is 4.89. The lowest BCUT2D eigenvalue weighted by Crippen LogP contribution is -2.48. The van der Waals surface area contributed by atoms with Crippen molar-refractivity contribution >= 4 is 28.7 Å². The van der Waals surface area contributed by atoms with Crippen molar-refractivity contribution in [3.05, 3.63) is 36.0 Å². The molecule has 1 amide bonds. The van der Waals surface area contributed by atoms with Crippen LogP contribution in [-0.4, -0.2) is 28.9 Å². The van der Waals surface area contributed by atoms with Crippen molar-refractivity contribution in [2.45, 2.75) is 25.3 Å². The first-order chi connectivity index (χ1) is 10.5. The standard InChI is InChI=1S/C15H16N2O5/c18-13(17-12(15(21)22)5-6-14(19)20)7-9-8-16-11-4-2-1-3-10(9)11/h1-4,8,12,16H,5-7H2,(H,17,18)(H,19,20)(H,21,22)/p-2/t12-/m0/s1. The largest absolute Gasteiger partial charge is 0.550 e. The van der Waals surface area contributed by atoms with Crippen molar-refractivity contribution < 1.29 is 24.6 Å². The molecule has 1 atom stereocenters. The van der Waals surface area contributed by atoms with Crippen LogP contribution in [-0.2, 0) is 20.8 Å². The van der Waals surface area contributed by atoms with Crippen LogP contribution in [0.25, 0.3) is 10.9 Å². The molecule has 7 heteroatoms. The summed E-state index contributed by atoms with van der Waals surface area (Å²) in [6.45, 7) is 0. The third-order valence-electron chi connectivity index (χ3n) is 3.28. The minimum absolute atomic E-state index is 0.0148. The predicted octanol–water partition coefficient (Wildman–Crippen LogP) is -1.52. The fourth-order valence-corrected chi connectivity index (χ4v) is 2.21. The van der Waals surface area contributed by atoms with Crippen LogP contribution in [0.3, 0.4) is 0 Å². The molecule has 0 radical (unpaired) electrons. The van der Waals surface area contributed by atoms with Gasteiger partial charge in [0.15, 0.2) is 0 Å². The van der Waals surface area contributed by atoms with Crippen LogP contribution in [0.1, 0.15) is 18.4 Å². The zero-order valence-electron chi connectivity index (χ0n) is 11.6. The summed E-state index contributed by atoms with van der Waals surface area (Å²) in [5.74, 6) is -3.41. The summed E-state index contributed by atoms with van der Waals surface area (Å²) in [6.07, 6.45) is 0.925. The number of rotatable bonds is 7. The molecule has 0 aliphatic carbocycles. The lowest BCUT2D eigenvalue weighted by molar-refractivity contribution is -0.310. The van der Waals surface area contributed by atoms with Gasteiger partial charge >= 0.3 is 0 Å². The van der Waals surface area contributed by atoms with Crippen molar-refractivity contribution in [1.29, 1.82) is 0 Å². The van der Waals surface area contributed by atoms with Crippen LogP contribution < -0.4 is 15.5 Å². The molecule has 0 fully saturated rings. The fourth-order valence-electron chi connectivity index (χ4n) is 2.21. The maximum Gasteiger partial charge on any atom is 0.225 e. The van der Waals surface area contributed by atoms with E-state index in [2.05, 4.69) is 10.3 Å². The predicted molar refractivity (Wildman–Crippen MR) is 73.2 cm³/mol. The molecule has 0 aliphatic heterocycles. The molecule has 0 saturated carbocycles. The van der Waals surface area contributed by atoms with Gasteiger partial charge in [0, 0.05) is 23.1 Å². The number of nitrogens with one attached hydrogen (secondary N) is 2. The van der Waals surface area contributed by atoms with Gasteiger partial charge in [0.05, 0.1) is 18.4 Å². The number of amides is 1. The number of fused-ring (bicyclic) bond motifs is 1. The molecule has 7 nitrogen and oxygen atoms in total. The van der Waals surface area contributed by atoms with E-state index in [1.807, 2.05) is 24.3 Å². The number of para-hydroxylation sites is 1. The van der Waals surface area contributed by atoms with Crippen LogP contribution in [0.4, 0.5) is 0 Å². The number of aromatic amines is 1. The molecular formula is C15H14N2O5-2. The number of hydrogen-bond acceptors (Lipinski definition) is 5. The van der Waals surface area contributed by atoms with Gasteiger partial charge in [-0.2, -0.15) is 0 Å². The molecule has 2 aromatic rings. The van der Waals surface area contributed by atoms with Gasteiger partial charge in [-0.05, 0) is 24.5 Å². The van der Waals surface area contributed by atoms with E-state index in [0.29, 0.717) is 0 Å². The van der Waals surface area contributed by atoms with Gasteiger partial charge in [-0.3, -0.25) is 4.79 Å². The number of carboxylic acid groups (broad SMARTS) is 2. The summed E-state index contributed by atoms with van der Waals surface area (Å²) in [7, 11) is 0. The second-order valence-electron chi connectivity index (χ2n) is 4.89. The molecule has 0 saturated heterocycles. The number of aliphatic carboxylic acids is 2. The number of carbonyl (C=O) groups is 3. The first-order valence-electron chi connectivity index (χ1n) is 6.72. The smallest absolute Gasteiger partial charge is 0.225 e. The lowest BCUT2D eigenvalue weighted by atomic mass is 10.1. The van der Waals surface area contributed by atoms with E-state index >= 15 is 0 Å². The van der Waals surface area contributed by atoms with Crippen molar-refractivity contribution in [2.75, 3.05) is 0 Å². The quantitative estimate of drug-likeness (QED) is 0.642. The van der Waals surface area contributed by atoms with E-state index in [4.69, 9.17) is 0 Å². The summed E-state index contributed by atoms with van der Waals surface area (Å²) in [5.41, 5.74) is 1.60. The second kappa shape index (κ2) is 6.75. The van der Waals surface area contributed by atoms with Crippen LogP contribution in [0.5, 0.6) is 0 Å². The Morgan fingerprint density at radius 2 is 1.91 bits per heavy atom. The van der Waals surface area contributed by atoms with Gasteiger partial charge in [-0.15, -0.1) is 0 Å². The van der Waals surface area contributed by atoms with Crippen molar-refractivity contribution in [3.63, 3.8) is 0 Å². The maximum absolute atomic E-state index is 11.9. The van der Waals surface area contributed by atoms with Crippen LogP contribution in [0.2, 0.25) is 0 Å². The Labute approximate surface area is 125 Å². The van der Waals surface area contributed by atoms with Gasteiger partial charge < -0.3 is 30.1 Å². The number of carbonyl (C=O) groups excluding carboxylic acids is 3. The fraction of sp³-hybridized carbons (Fsp3) is 0.267. The molecule has 0 spiro atoms. The highest BCUT2D eigenvalue weighted by molar-refractivity contribution is 5.90. The average Bonchev–Trinajstić information content (AvgIpc) is 2.86. The minimum Gasteiger partial charge on any atom is -0.550 e. The van der Waals surface area contributed by atoms with E-state index in [1.54, 1.807) is 6.20 Å². The number of H-pyrrole nitrogens is 1. The average molecular weight is 302 g/mol. The number of aromatic nitrogens is 1. The Morgan fingerprint density at radius 3 is 2.59 bits per heavy atom. The molecule has 0 bridgehead atoms. The minimum atomic E-state index is -1.52. The summed E-state index contributed by atoms with van der Waals surface area (Å²) in [5, 5.41) is 24.4. The SMILES string of the molecule is O=C([O-])CC[C@H](NC(=O)Cc1c[nH]c2ccccc12)C(=O)[O-]. The molecule has 2 rings (SSSR count). The number of carboxylic acids is 2. The van der Waals surface area contributed by atoms with Crippen LogP contribution in [0, 0.1) is 0 Å². The molecule has 1 aromatic heterocycles. The Morgan fingerprint density at radius 1 is 1.18 bits per heavy atom. The Kier molecular flexibility index (Phi) is 4.77. The molecule has 0 unspecified atom stereocenters. The van der Waals surface area contributed by atoms with Crippen LogP contribution >= 0.6 is 0 Å². The first kappa shape index (κ1) is 15.6. The summed E-state index contributed by atoms with van der Waals surface area (Å²) in [4.78, 5) is 36.2. The van der Waals surface area contributed by atoms with Gasteiger partial charge in [0.1, 0.15) is 0 Å². The first-order valence-corrected chi connectivity index (χ1v) is 6.72. The Balaban J connectivity index is 2.01. The molecule has 1 heterocycles. The summed E-state index contributed by atoms with van der Waals surface area (Å²) < 4.78 is 0. The number of benzene rings is 1. The monoisotopic (exact) mass is 302 g/mol. The molecule has 2 N–H and O–H groups in total. The van der Waals surface area contributed by atoms with Crippen molar-refractivity contribution in [2.24, 2.45) is 0 Å². The Bertz CT molecular complexity index is 707. The van der Waals surface area contributed by atoms with E-state index in [0.717, 1.165) is 16.5 Å². The summed E-state index contributed by atoms with van der Waals surface area (Å²) >= 11 is 0. The highest BCUT2D eigenvalue weighted by Crippen LogP contribution is 2.18. The maximum atomic E-state index is 11.9. The zero-order chi connectivity index (χ0) is 16.1. The zero-order valence-corrected chi connectivity index (χ0v) is 11.6. The van der Waals surface area contributed by atoms with Gasteiger partial charge in [-0.1, -0.05) is 18.2 Å². The van der Waals surface area contributed by atoms with E-state index in [9.17, 15) is 24.6 Å². The van der Waals surface area contributed by atoms with Gasteiger partial charge in [-0.25, -0.2) is 0 Å². The Hall–Kier alpha value is -2.83. The molecule has 22 heavy (non-hydrogen) atoms. The van der Waals surface area contributed by atoms with Crippen LogP contribution in [0.15, 0.2) is 30.5 Å². The van der Waals surface area contributed by atoms with Crippen molar-refractivity contribution in [1.82, 2.24) is 10.3 Å². The van der Waals surface area contributed by atoms with E-state index < -0.39 is 30.3 Å². The lowest BCUT2D eigenvalue weighted by Gasteiger charge is -2.19. The third kappa shape index (κ3) is 3.85. The van der Waals surface area contributed by atoms with Crippen molar-refractivity contribution in [3.8, 4) is 0 Å². The van der Waals surface area contributed by atoms with E-state index in [1.165, 1.54) is 0 Å². The van der Waals surface area contributed by atoms with Gasteiger partial charge in [0.25, 0.3) is 0 Å².